The number of hydrogen-bond acceptors (Lipinski definition) is 4. The molecule has 2 atom stereocenters. The molecule has 4 nitrogen and oxygen atoms in total. The van der Waals surface area contributed by atoms with E-state index in [1.807, 2.05) is 31.2 Å². The van der Waals surface area contributed by atoms with E-state index < -0.39 is 8.60 Å². The van der Waals surface area contributed by atoms with Gasteiger partial charge in [0.05, 0.1) is 19.8 Å². The Bertz CT molecular complexity index is 314. The summed E-state index contributed by atoms with van der Waals surface area (Å²) < 4.78 is 21.3. The highest BCUT2D eigenvalue weighted by atomic mass is 31.2. The summed E-state index contributed by atoms with van der Waals surface area (Å²) in [6.45, 7) is 2.56. The predicted molar refractivity (Wildman–Crippen MR) is 57.0 cm³/mol. The zero-order valence-corrected chi connectivity index (χ0v) is 9.57. The smallest absolute Gasteiger partial charge is 0.397 e. The quantitative estimate of drug-likeness (QED) is 0.745. The van der Waals surface area contributed by atoms with Gasteiger partial charge in [-0.2, -0.15) is 0 Å². The third kappa shape index (κ3) is 2.81. The van der Waals surface area contributed by atoms with Crippen LogP contribution in [0.4, 0.5) is 0 Å². The van der Waals surface area contributed by atoms with E-state index in [4.69, 9.17) is 18.3 Å². The second kappa shape index (κ2) is 4.79. The number of hydrogen-bond donors (Lipinski definition) is 0. The molecule has 2 rings (SSSR count). The average Bonchev–Trinajstić information content (AvgIpc) is 2.65. The average molecular weight is 228 g/mol. The fourth-order valence-electron chi connectivity index (χ4n) is 1.14. The maximum Gasteiger partial charge on any atom is 0.397 e. The van der Waals surface area contributed by atoms with Gasteiger partial charge in [-0.1, -0.05) is 0 Å². The molecule has 1 aliphatic heterocycles. The molecule has 1 unspecified atom stereocenters. The van der Waals surface area contributed by atoms with Crippen LogP contribution in [0.1, 0.15) is 6.92 Å². The fraction of sp³-hybridized carbons (Fsp3) is 0.400. The lowest BCUT2D eigenvalue weighted by Crippen LogP contribution is -2.00. The second-order valence-electron chi connectivity index (χ2n) is 3.20. The van der Waals surface area contributed by atoms with E-state index in [0.29, 0.717) is 6.61 Å². The summed E-state index contributed by atoms with van der Waals surface area (Å²) in [4.78, 5) is 0. The number of benzene rings is 1. The van der Waals surface area contributed by atoms with Crippen molar-refractivity contribution in [3.05, 3.63) is 24.3 Å². The Morgan fingerprint density at radius 1 is 1.27 bits per heavy atom. The van der Waals surface area contributed by atoms with Crippen LogP contribution in [-0.2, 0) is 9.05 Å². The molecule has 0 aliphatic carbocycles. The minimum atomic E-state index is -1.22. The molecule has 0 saturated carbocycles. The molecular weight excluding hydrogens is 215 g/mol. The third-order valence-corrected chi connectivity index (χ3v) is 3.17. The van der Waals surface area contributed by atoms with Crippen LogP contribution in [0.15, 0.2) is 24.3 Å². The predicted octanol–water partition coefficient (Wildman–Crippen LogP) is 2.74. The van der Waals surface area contributed by atoms with Crippen LogP contribution in [-0.4, -0.2) is 19.8 Å². The van der Waals surface area contributed by atoms with Gasteiger partial charge in [0.15, 0.2) is 0 Å². The summed E-state index contributed by atoms with van der Waals surface area (Å²) in [5, 5.41) is 0. The molecule has 1 heterocycles. The largest absolute Gasteiger partial charge is 0.497 e. The lowest BCUT2D eigenvalue weighted by atomic mass is 10.3. The van der Waals surface area contributed by atoms with Crippen molar-refractivity contribution in [1.29, 1.82) is 0 Å². The van der Waals surface area contributed by atoms with Gasteiger partial charge in [-0.3, -0.25) is 9.05 Å². The zero-order valence-electron chi connectivity index (χ0n) is 8.67. The van der Waals surface area contributed by atoms with Crippen LogP contribution >= 0.6 is 8.60 Å². The highest BCUT2D eigenvalue weighted by Gasteiger charge is 2.26. The molecule has 0 bridgehead atoms. The maximum absolute atomic E-state index is 5.51. The Labute approximate surface area is 90.1 Å². The van der Waals surface area contributed by atoms with E-state index in [2.05, 4.69) is 0 Å². The molecule has 1 aromatic rings. The van der Waals surface area contributed by atoms with Gasteiger partial charge in [-0.25, -0.2) is 0 Å². The first-order valence-corrected chi connectivity index (χ1v) is 5.79. The lowest BCUT2D eigenvalue weighted by molar-refractivity contribution is 0.256. The van der Waals surface area contributed by atoms with Gasteiger partial charge in [0.25, 0.3) is 0 Å². The van der Waals surface area contributed by atoms with Crippen molar-refractivity contribution in [1.82, 2.24) is 0 Å². The van der Waals surface area contributed by atoms with Gasteiger partial charge >= 0.3 is 8.60 Å². The molecule has 1 fully saturated rings. The van der Waals surface area contributed by atoms with Crippen molar-refractivity contribution in [2.75, 3.05) is 13.7 Å². The Balaban J connectivity index is 1.93. The molecule has 5 heteroatoms. The molecular formula is C10H13O4P. The van der Waals surface area contributed by atoms with Crippen LogP contribution < -0.4 is 9.26 Å². The van der Waals surface area contributed by atoms with E-state index in [1.165, 1.54) is 0 Å². The number of ether oxygens (including phenoxy) is 1. The molecule has 15 heavy (non-hydrogen) atoms. The maximum atomic E-state index is 5.51. The van der Waals surface area contributed by atoms with E-state index in [9.17, 15) is 0 Å². The topological polar surface area (TPSA) is 36.9 Å². The Hall–Kier alpha value is -0.830. The number of methoxy groups -OCH3 is 1. The van der Waals surface area contributed by atoms with Crippen LogP contribution in [0, 0.1) is 0 Å². The summed E-state index contributed by atoms with van der Waals surface area (Å²) in [5.41, 5.74) is 0. The van der Waals surface area contributed by atoms with Crippen molar-refractivity contribution >= 4 is 8.60 Å². The van der Waals surface area contributed by atoms with Crippen molar-refractivity contribution in [2.45, 2.75) is 13.0 Å². The minimum absolute atomic E-state index is 0.120. The first-order valence-electron chi connectivity index (χ1n) is 4.70. The van der Waals surface area contributed by atoms with Crippen LogP contribution in [0.5, 0.6) is 11.5 Å². The number of rotatable bonds is 3. The molecule has 0 spiro atoms. The van der Waals surface area contributed by atoms with Gasteiger partial charge in [0, 0.05) is 0 Å². The second-order valence-corrected chi connectivity index (χ2v) is 4.30. The summed E-state index contributed by atoms with van der Waals surface area (Å²) >= 11 is 0. The minimum Gasteiger partial charge on any atom is -0.497 e. The molecule has 1 aromatic carbocycles. The van der Waals surface area contributed by atoms with E-state index in [0.717, 1.165) is 11.5 Å². The van der Waals surface area contributed by atoms with Gasteiger partial charge < -0.3 is 9.26 Å². The van der Waals surface area contributed by atoms with E-state index in [-0.39, 0.29) is 6.10 Å². The van der Waals surface area contributed by atoms with Gasteiger partial charge in [0.1, 0.15) is 11.5 Å². The highest BCUT2D eigenvalue weighted by molar-refractivity contribution is 7.42. The third-order valence-electron chi connectivity index (χ3n) is 1.92. The molecule has 0 N–H and O–H groups in total. The SMILES string of the molecule is COc1ccc(OP2OC[C@@H](C)O2)cc1. The van der Waals surface area contributed by atoms with Gasteiger partial charge in [0.2, 0.25) is 0 Å². The first-order chi connectivity index (χ1) is 7.28. The molecule has 1 aliphatic rings. The Morgan fingerprint density at radius 2 is 1.93 bits per heavy atom. The lowest BCUT2D eigenvalue weighted by Gasteiger charge is -2.09. The van der Waals surface area contributed by atoms with Crippen molar-refractivity contribution in [3.63, 3.8) is 0 Å². The zero-order chi connectivity index (χ0) is 10.7. The molecule has 0 amide bonds. The summed E-state index contributed by atoms with van der Waals surface area (Å²) in [6, 6.07) is 7.34. The van der Waals surface area contributed by atoms with E-state index in [1.54, 1.807) is 7.11 Å². The Kier molecular flexibility index (Phi) is 3.41. The summed E-state index contributed by atoms with van der Waals surface area (Å²) in [6.07, 6.45) is 0.120. The van der Waals surface area contributed by atoms with Crippen LogP contribution in [0.3, 0.4) is 0 Å². The van der Waals surface area contributed by atoms with Crippen LogP contribution in [0.2, 0.25) is 0 Å². The highest BCUT2D eigenvalue weighted by Crippen LogP contribution is 2.46. The normalized spacial score (nSPS) is 25.2. The van der Waals surface area contributed by atoms with Gasteiger partial charge in [-0.15, -0.1) is 0 Å². The molecule has 0 radical (unpaired) electrons. The van der Waals surface area contributed by atoms with Crippen LogP contribution in [0.25, 0.3) is 0 Å². The van der Waals surface area contributed by atoms with Crippen molar-refractivity contribution in [3.8, 4) is 11.5 Å². The van der Waals surface area contributed by atoms with E-state index >= 15 is 0 Å². The molecule has 0 aromatic heterocycles. The summed E-state index contributed by atoms with van der Waals surface area (Å²) in [5.74, 6) is 1.53. The van der Waals surface area contributed by atoms with Gasteiger partial charge in [-0.05, 0) is 31.2 Å². The fourth-order valence-corrected chi connectivity index (χ4v) is 2.28. The van der Waals surface area contributed by atoms with Crippen molar-refractivity contribution in [2.24, 2.45) is 0 Å². The first kappa shape index (κ1) is 10.7. The molecule has 1 saturated heterocycles. The Morgan fingerprint density at radius 3 is 2.47 bits per heavy atom. The molecule has 82 valence electrons. The summed E-state index contributed by atoms with van der Waals surface area (Å²) in [7, 11) is 0.414. The van der Waals surface area contributed by atoms with Crippen molar-refractivity contribution < 1.29 is 18.3 Å². The monoisotopic (exact) mass is 228 g/mol. The standard InChI is InChI=1S/C10H13O4P/c1-8-7-12-15(13-8)14-10-5-3-9(11-2)4-6-10/h3-6,8H,7H2,1-2H3/t8-,15?/m1/s1.